The van der Waals surface area contributed by atoms with Crippen LogP contribution in [0.2, 0.25) is 0 Å². The molecule has 0 N–H and O–H groups in total. The van der Waals surface area contributed by atoms with Crippen LogP contribution in [0.25, 0.3) is 0 Å². The highest BCUT2D eigenvalue weighted by Crippen LogP contribution is 2.36. The van der Waals surface area contributed by atoms with E-state index in [0.29, 0.717) is 19.3 Å². The van der Waals surface area contributed by atoms with Crippen LogP contribution in [0.5, 0.6) is 0 Å². The zero-order valence-electron chi connectivity index (χ0n) is 11.2. The quantitative estimate of drug-likeness (QED) is 0.573. The fraction of sp³-hybridized carbons (Fsp3) is 0.429. The Labute approximate surface area is 119 Å². The zero-order chi connectivity index (χ0) is 14.6. The Bertz CT molecular complexity index is 636. The molecule has 0 aromatic heterocycles. The van der Waals surface area contributed by atoms with Gasteiger partial charge in [0, 0.05) is 19.3 Å². The van der Waals surface area contributed by atoms with Gasteiger partial charge in [0.2, 0.25) is 0 Å². The van der Waals surface area contributed by atoms with Gasteiger partial charge in [-0.25, -0.2) is 0 Å². The first-order valence-electron chi connectivity index (χ1n) is 6.31. The Morgan fingerprint density at radius 1 is 1.25 bits per heavy atom. The molecule has 0 aliphatic carbocycles. The number of nitrogens with zero attached hydrogens (tertiary/aromatic N) is 2. The molecule has 2 rings (SSSR count). The molecule has 1 aliphatic heterocycles. The van der Waals surface area contributed by atoms with Crippen LogP contribution in [0.1, 0.15) is 24.8 Å². The number of terminal acetylenes is 1. The largest absolute Gasteiger partial charge is 0.296 e. The molecule has 0 saturated heterocycles. The first-order valence-corrected chi connectivity index (χ1v) is 7.72. The molecule has 20 heavy (non-hydrogen) atoms. The van der Waals surface area contributed by atoms with E-state index in [1.807, 2.05) is 6.92 Å². The van der Waals surface area contributed by atoms with Gasteiger partial charge in [0.05, 0.1) is 11.5 Å². The van der Waals surface area contributed by atoms with Gasteiger partial charge in [0.1, 0.15) is 0 Å². The second-order valence-electron chi connectivity index (χ2n) is 4.73. The summed E-state index contributed by atoms with van der Waals surface area (Å²) >= 11 is 0. The standard InChI is InChI=1S/C14H16N2O3S/c1-3-4-9-14(15-16-14)10-11-19-20(17,18)13-7-5-12(2)6-8-13/h1,5-8H,4,9-11H2,2H3. The normalized spacial score (nSPS) is 15.8. The van der Waals surface area contributed by atoms with E-state index in [9.17, 15) is 8.42 Å². The monoisotopic (exact) mass is 292 g/mol. The molecule has 6 heteroatoms. The maximum absolute atomic E-state index is 11.9. The smallest absolute Gasteiger partial charge is 0.266 e. The Morgan fingerprint density at radius 3 is 2.45 bits per heavy atom. The van der Waals surface area contributed by atoms with Gasteiger partial charge in [-0.05, 0) is 19.1 Å². The summed E-state index contributed by atoms with van der Waals surface area (Å²) in [6.07, 6.45) is 6.82. The third-order valence-corrected chi connectivity index (χ3v) is 4.43. The van der Waals surface area contributed by atoms with E-state index < -0.39 is 15.8 Å². The predicted molar refractivity (Wildman–Crippen MR) is 74.6 cm³/mol. The van der Waals surface area contributed by atoms with E-state index in [1.54, 1.807) is 12.1 Å². The van der Waals surface area contributed by atoms with Crippen LogP contribution < -0.4 is 0 Å². The fourth-order valence-electron chi connectivity index (χ4n) is 1.76. The summed E-state index contributed by atoms with van der Waals surface area (Å²) < 4.78 is 28.9. The third kappa shape index (κ3) is 3.65. The molecular formula is C14H16N2O3S. The highest BCUT2D eigenvalue weighted by Gasteiger charge is 2.39. The third-order valence-electron chi connectivity index (χ3n) is 3.10. The predicted octanol–water partition coefficient (Wildman–Crippen LogP) is 2.67. The van der Waals surface area contributed by atoms with Gasteiger partial charge < -0.3 is 0 Å². The molecule has 0 spiro atoms. The van der Waals surface area contributed by atoms with Gasteiger partial charge in [-0.2, -0.15) is 18.6 Å². The molecule has 0 amide bonds. The Balaban J connectivity index is 1.87. The van der Waals surface area contributed by atoms with E-state index in [-0.39, 0.29) is 11.5 Å². The van der Waals surface area contributed by atoms with Crippen molar-refractivity contribution in [3.63, 3.8) is 0 Å². The highest BCUT2D eigenvalue weighted by molar-refractivity contribution is 7.86. The number of aryl methyl sites for hydroxylation is 1. The Kier molecular flexibility index (Phi) is 4.21. The van der Waals surface area contributed by atoms with Gasteiger partial charge in [0.15, 0.2) is 5.66 Å². The second kappa shape index (κ2) is 5.73. The Hall–Kier alpha value is -1.71. The van der Waals surface area contributed by atoms with Crippen LogP contribution in [0.3, 0.4) is 0 Å². The summed E-state index contributed by atoms with van der Waals surface area (Å²) in [5.74, 6) is 2.52. The van der Waals surface area contributed by atoms with Crippen molar-refractivity contribution in [3.8, 4) is 12.3 Å². The number of hydrogen-bond donors (Lipinski definition) is 0. The lowest BCUT2D eigenvalue weighted by molar-refractivity contribution is 0.287. The van der Waals surface area contributed by atoms with E-state index in [0.717, 1.165) is 5.56 Å². The van der Waals surface area contributed by atoms with Gasteiger partial charge in [0.25, 0.3) is 10.1 Å². The maximum atomic E-state index is 11.9. The van der Waals surface area contributed by atoms with Crippen LogP contribution >= 0.6 is 0 Å². The lowest BCUT2D eigenvalue weighted by atomic mass is 10.1. The van der Waals surface area contributed by atoms with Crippen molar-refractivity contribution in [1.82, 2.24) is 0 Å². The maximum Gasteiger partial charge on any atom is 0.296 e. The molecule has 0 bridgehead atoms. The average Bonchev–Trinajstić information content (AvgIpc) is 3.17. The highest BCUT2D eigenvalue weighted by atomic mass is 32.2. The molecule has 106 valence electrons. The molecule has 0 fully saturated rings. The van der Waals surface area contributed by atoms with Crippen molar-refractivity contribution < 1.29 is 12.6 Å². The van der Waals surface area contributed by atoms with Crippen molar-refractivity contribution in [1.29, 1.82) is 0 Å². The van der Waals surface area contributed by atoms with Crippen molar-refractivity contribution in [2.24, 2.45) is 10.2 Å². The number of rotatable bonds is 7. The lowest BCUT2D eigenvalue weighted by Gasteiger charge is -2.09. The first-order chi connectivity index (χ1) is 9.47. The van der Waals surface area contributed by atoms with Crippen LogP contribution in [0.4, 0.5) is 0 Å². The summed E-state index contributed by atoms with van der Waals surface area (Å²) in [5, 5.41) is 7.86. The van der Waals surface area contributed by atoms with Crippen LogP contribution in [0.15, 0.2) is 39.4 Å². The molecule has 0 radical (unpaired) electrons. The van der Waals surface area contributed by atoms with Gasteiger partial charge >= 0.3 is 0 Å². The summed E-state index contributed by atoms with van der Waals surface area (Å²) in [6, 6.07) is 6.53. The molecule has 5 nitrogen and oxygen atoms in total. The van der Waals surface area contributed by atoms with Crippen molar-refractivity contribution >= 4 is 10.1 Å². The summed E-state index contributed by atoms with van der Waals surface area (Å²) in [4.78, 5) is 0.158. The molecule has 1 heterocycles. The van der Waals surface area contributed by atoms with Crippen LogP contribution in [0, 0.1) is 19.3 Å². The molecule has 0 atom stereocenters. The van der Waals surface area contributed by atoms with Crippen molar-refractivity contribution in [3.05, 3.63) is 29.8 Å². The molecule has 0 unspecified atom stereocenters. The summed E-state index contributed by atoms with van der Waals surface area (Å²) in [7, 11) is -3.72. The van der Waals surface area contributed by atoms with Gasteiger partial charge in [-0.15, -0.1) is 12.3 Å². The molecule has 1 aliphatic rings. The van der Waals surface area contributed by atoms with Gasteiger partial charge in [-0.1, -0.05) is 17.7 Å². The first kappa shape index (κ1) is 14.7. The van der Waals surface area contributed by atoms with E-state index in [2.05, 4.69) is 16.1 Å². The van der Waals surface area contributed by atoms with Crippen LogP contribution in [-0.4, -0.2) is 20.7 Å². The van der Waals surface area contributed by atoms with Crippen LogP contribution in [-0.2, 0) is 14.3 Å². The Morgan fingerprint density at radius 2 is 1.90 bits per heavy atom. The molecular weight excluding hydrogens is 276 g/mol. The topological polar surface area (TPSA) is 68.1 Å². The lowest BCUT2D eigenvalue weighted by Crippen LogP contribution is -2.16. The number of benzene rings is 1. The number of hydrogen-bond acceptors (Lipinski definition) is 5. The SMILES string of the molecule is C#CCCC1(CCOS(=O)(=O)c2ccc(C)cc2)N=N1. The minimum Gasteiger partial charge on any atom is -0.266 e. The van der Waals surface area contributed by atoms with E-state index >= 15 is 0 Å². The fourth-order valence-corrected chi connectivity index (χ4v) is 2.66. The summed E-state index contributed by atoms with van der Waals surface area (Å²) in [6.45, 7) is 1.94. The van der Waals surface area contributed by atoms with Crippen molar-refractivity contribution in [2.45, 2.75) is 36.7 Å². The molecule has 1 aromatic carbocycles. The van der Waals surface area contributed by atoms with E-state index in [1.165, 1.54) is 12.1 Å². The van der Waals surface area contributed by atoms with Crippen molar-refractivity contribution in [2.75, 3.05) is 6.61 Å². The second-order valence-corrected chi connectivity index (χ2v) is 6.34. The van der Waals surface area contributed by atoms with E-state index in [4.69, 9.17) is 10.6 Å². The van der Waals surface area contributed by atoms with Gasteiger partial charge in [-0.3, -0.25) is 4.18 Å². The molecule has 1 aromatic rings. The summed E-state index contributed by atoms with van der Waals surface area (Å²) in [5.41, 5.74) is 0.475. The minimum absolute atomic E-state index is 0.0494. The average molecular weight is 292 g/mol. The zero-order valence-corrected chi connectivity index (χ0v) is 12.1. The molecule has 0 saturated carbocycles. The minimum atomic E-state index is -3.72.